The number of furan rings is 1. The number of carbonyl (C=O) groups is 1. The predicted molar refractivity (Wildman–Crippen MR) is 103 cm³/mol. The van der Waals surface area contributed by atoms with E-state index >= 15 is 0 Å². The van der Waals surface area contributed by atoms with Crippen molar-refractivity contribution >= 4 is 11.7 Å². The van der Waals surface area contributed by atoms with E-state index in [0.29, 0.717) is 28.8 Å². The maximum Gasteiger partial charge on any atom is 0.259 e. The van der Waals surface area contributed by atoms with E-state index in [1.807, 2.05) is 0 Å². The van der Waals surface area contributed by atoms with Crippen molar-refractivity contribution in [3.8, 4) is 17.4 Å². The highest BCUT2D eigenvalue weighted by molar-refractivity contribution is 6.04. The molecule has 0 bridgehead atoms. The van der Waals surface area contributed by atoms with Crippen LogP contribution in [-0.2, 0) is 0 Å². The molecule has 4 rings (SSSR count). The molecule has 0 radical (unpaired) electrons. The van der Waals surface area contributed by atoms with Crippen LogP contribution in [0.4, 0.5) is 14.6 Å². The first-order valence-corrected chi connectivity index (χ1v) is 8.81. The molecule has 0 saturated carbocycles. The molecule has 0 unspecified atom stereocenters. The fourth-order valence-electron chi connectivity index (χ4n) is 2.76. The van der Waals surface area contributed by atoms with Crippen LogP contribution >= 0.6 is 0 Å². The van der Waals surface area contributed by atoms with Crippen LogP contribution in [0.2, 0.25) is 0 Å². The Morgan fingerprint density at radius 3 is 2.67 bits per heavy atom. The number of benzene rings is 1. The van der Waals surface area contributed by atoms with Crippen molar-refractivity contribution in [3.05, 3.63) is 81.5 Å². The molecule has 0 atom stereocenters. The van der Waals surface area contributed by atoms with Crippen LogP contribution in [0.3, 0.4) is 0 Å². The monoisotopic (exact) mass is 411 g/mol. The highest BCUT2D eigenvalue weighted by Gasteiger charge is 2.20. The second-order valence-corrected chi connectivity index (χ2v) is 6.48. The number of aryl methyl sites for hydroxylation is 1. The van der Waals surface area contributed by atoms with Gasteiger partial charge in [-0.25, -0.2) is 13.8 Å². The normalized spacial score (nSPS) is 10.9. The summed E-state index contributed by atoms with van der Waals surface area (Å²) in [7, 11) is 0. The van der Waals surface area contributed by atoms with E-state index in [-0.39, 0.29) is 22.9 Å². The molecule has 3 aromatic heterocycles. The third-order valence-electron chi connectivity index (χ3n) is 4.48. The minimum absolute atomic E-state index is 0.0517. The standard InChI is InChI=1S/C20H15F2N5O3/c1-10-11(2)23-20(25-18(10)28)27-17(9-15(26-27)16-4-3-7-30-16)24-19(29)13-6-5-12(21)8-14(13)22/h3-9H,1-2H3,(H,24,29)(H,23,25,28). The first-order valence-electron chi connectivity index (χ1n) is 8.81. The van der Waals surface area contributed by atoms with Gasteiger partial charge in [-0.05, 0) is 38.1 Å². The number of nitrogens with one attached hydrogen (secondary N) is 2. The number of aromatic nitrogens is 4. The number of hydrogen-bond donors (Lipinski definition) is 2. The third kappa shape index (κ3) is 3.50. The summed E-state index contributed by atoms with van der Waals surface area (Å²) >= 11 is 0. The van der Waals surface area contributed by atoms with Gasteiger partial charge in [0, 0.05) is 23.4 Å². The molecule has 1 amide bonds. The van der Waals surface area contributed by atoms with E-state index in [1.54, 1.807) is 26.0 Å². The van der Waals surface area contributed by atoms with Gasteiger partial charge in [0.15, 0.2) is 5.76 Å². The Labute approximate surface area is 168 Å². The molecule has 8 nitrogen and oxygen atoms in total. The summed E-state index contributed by atoms with van der Waals surface area (Å²) in [5.41, 5.74) is 0.539. The zero-order valence-corrected chi connectivity index (χ0v) is 15.9. The van der Waals surface area contributed by atoms with Gasteiger partial charge in [-0.1, -0.05) is 0 Å². The maximum absolute atomic E-state index is 14.0. The number of halogens is 2. The van der Waals surface area contributed by atoms with Crippen LogP contribution in [0, 0.1) is 25.5 Å². The van der Waals surface area contributed by atoms with Crippen molar-refractivity contribution in [1.82, 2.24) is 19.7 Å². The van der Waals surface area contributed by atoms with Crippen LogP contribution in [0.5, 0.6) is 0 Å². The van der Waals surface area contributed by atoms with E-state index in [4.69, 9.17) is 4.42 Å². The number of anilines is 1. The zero-order valence-electron chi connectivity index (χ0n) is 15.9. The first-order chi connectivity index (χ1) is 14.3. The second kappa shape index (κ2) is 7.39. The molecule has 152 valence electrons. The van der Waals surface area contributed by atoms with E-state index < -0.39 is 17.5 Å². The minimum Gasteiger partial charge on any atom is -0.463 e. The lowest BCUT2D eigenvalue weighted by Gasteiger charge is -2.09. The van der Waals surface area contributed by atoms with Gasteiger partial charge in [-0.15, -0.1) is 0 Å². The van der Waals surface area contributed by atoms with Gasteiger partial charge in [-0.2, -0.15) is 9.78 Å². The van der Waals surface area contributed by atoms with E-state index in [1.165, 1.54) is 17.0 Å². The van der Waals surface area contributed by atoms with Crippen molar-refractivity contribution in [2.24, 2.45) is 0 Å². The van der Waals surface area contributed by atoms with Gasteiger partial charge >= 0.3 is 0 Å². The molecule has 1 aromatic carbocycles. The van der Waals surface area contributed by atoms with E-state index in [0.717, 1.165) is 12.1 Å². The number of carbonyl (C=O) groups excluding carboxylic acids is 1. The fraction of sp³-hybridized carbons (Fsp3) is 0.100. The molecule has 0 aliphatic heterocycles. The third-order valence-corrected chi connectivity index (χ3v) is 4.48. The molecule has 4 aromatic rings. The summed E-state index contributed by atoms with van der Waals surface area (Å²) < 4.78 is 33.7. The topological polar surface area (TPSA) is 106 Å². The Morgan fingerprint density at radius 2 is 2.00 bits per heavy atom. The number of rotatable bonds is 4. The quantitative estimate of drug-likeness (QED) is 0.536. The SMILES string of the molecule is Cc1nc(-n2nc(-c3ccco3)cc2NC(=O)c2ccc(F)cc2F)[nH]c(=O)c1C. The van der Waals surface area contributed by atoms with Crippen LogP contribution in [0.15, 0.2) is 51.9 Å². The largest absolute Gasteiger partial charge is 0.463 e. The summed E-state index contributed by atoms with van der Waals surface area (Å²) in [4.78, 5) is 31.7. The van der Waals surface area contributed by atoms with Crippen LogP contribution in [0.1, 0.15) is 21.6 Å². The molecule has 0 spiro atoms. The van der Waals surface area contributed by atoms with Crippen molar-refractivity contribution in [3.63, 3.8) is 0 Å². The molecule has 0 fully saturated rings. The first kappa shape index (κ1) is 19.2. The number of nitrogens with zero attached hydrogens (tertiary/aromatic N) is 3. The average molecular weight is 411 g/mol. The van der Waals surface area contributed by atoms with Crippen molar-refractivity contribution in [2.75, 3.05) is 5.32 Å². The summed E-state index contributed by atoms with van der Waals surface area (Å²) in [6.07, 6.45) is 1.46. The molecule has 30 heavy (non-hydrogen) atoms. The molecule has 2 N–H and O–H groups in total. The van der Waals surface area contributed by atoms with Crippen LogP contribution in [-0.4, -0.2) is 25.7 Å². The summed E-state index contributed by atoms with van der Waals surface area (Å²) in [5.74, 6) is -2.08. The highest BCUT2D eigenvalue weighted by Crippen LogP contribution is 2.25. The lowest BCUT2D eigenvalue weighted by Crippen LogP contribution is -2.21. The Balaban J connectivity index is 1.80. The van der Waals surface area contributed by atoms with Crippen LogP contribution in [0.25, 0.3) is 17.4 Å². The van der Waals surface area contributed by atoms with E-state index in [2.05, 4.69) is 20.4 Å². The molecule has 3 heterocycles. The summed E-state index contributed by atoms with van der Waals surface area (Å²) in [5, 5.41) is 6.86. The molecular formula is C20H15F2N5O3. The maximum atomic E-state index is 14.0. The lowest BCUT2D eigenvalue weighted by atomic mass is 10.2. The van der Waals surface area contributed by atoms with Gasteiger partial charge in [0.1, 0.15) is 23.1 Å². The Hall–Kier alpha value is -4.08. The molecular weight excluding hydrogens is 396 g/mol. The molecule has 0 aliphatic rings. The van der Waals surface area contributed by atoms with Gasteiger partial charge in [0.2, 0.25) is 5.95 Å². The smallest absolute Gasteiger partial charge is 0.259 e. The number of amides is 1. The van der Waals surface area contributed by atoms with Crippen molar-refractivity contribution in [1.29, 1.82) is 0 Å². The van der Waals surface area contributed by atoms with Gasteiger partial charge < -0.3 is 9.73 Å². The van der Waals surface area contributed by atoms with Gasteiger partial charge in [-0.3, -0.25) is 14.6 Å². The Morgan fingerprint density at radius 1 is 1.20 bits per heavy atom. The van der Waals surface area contributed by atoms with Crippen molar-refractivity contribution in [2.45, 2.75) is 13.8 Å². The number of hydrogen-bond acceptors (Lipinski definition) is 5. The second-order valence-electron chi connectivity index (χ2n) is 6.48. The lowest BCUT2D eigenvalue weighted by molar-refractivity contribution is 0.102. The summed E-state index contributed by atoms with van der Waals surface area (Å²) in [6.45, 7) is 3.29. The molecule has 0 aliphatic carbocycles. The zero-order chi connectivity index (χ0) is 21.4. The fourth-order valence-corrected chi connectivity index (χ4v) is 2.76. The van der Waals surface area contributed by atoms with Crippen molar-refractivity contribution < 1.29 is 18.0 Å². The average Bonchev–Trinajstić information content (AvgIpc) is 3.35. The number of aromatic amines is 1. The minimum atomic E-state index is -1.01. The summed E-state index contributed by atoms with van der Waals surface area (Å²) in [6, 6.07) is 7.43. The Bertz CT molecular complexity index is 1310. The number of H-pyrrole nitrogens is 1. The van der Waals surface area contributed by atoms with Gasteiger partial charge in [0.25, 0.3) is 11.5 Å². The highest BCUT2D eigenvalue weighted by atomic mass is 19.1. The molecule has 0 saturated heterocycles. The molecule has 10 heteroatoms. The Kier molecular flexibility index (Phi) is 4.74. The van der Waals surface area contributed by atoms with E-state index in [9.17, 15) is 18.4 Å². The van der Waals surface area contributed by atoms with Crippen LogP contribution < -0.4 is 10.9 Å². The predicted octanol–water partition coefficient (Wildman–Crippen LogP) is 3.36. The van der Waals surface area contributed by atoms with Gasteiger partial charge in [0.05, 0.1) is 11.8 Å².